The van der Waals surface area contributed by atoms with Crippen LogP contribution in [0.3, 0.4) is 0 Å². The highest BCUT2D eigenvalue weighted by Crippen LogP contribution is 2.42. The monoisotopic (exact) mass is 251 g/mol. The topological polar surface area (TPSA) is 49.0 Å². The van der Waals surface area contributed by atoms with Gasteiger partial charge in [-0.1, -0.05) is 6.07 Å². The average molecular weight is 251 g/mol. The van der Waals surface area contributed by atoms with Crippen LogP contribution in [0.4, 0.5) is 0 Å². The number of benzene rings is 1. The van der Waals surface area contributed by atoms with E-state index in [2.05, 4.69) is 5.32 Å². The molecule has 1 fully saturated rings. The Hall–Kier alpha value is -1.30. The van der Waals surface area contributed by atoms with Gasteiger partial charge >= 0.3 is 0 Å². The zero-order chi connectivity index (χ0) is 12.4. The highest BCUT2D eigenvalue weighted by atomic mass is 16.7. The molecule has 5 nitrogen and oxygen atoms in total. The number of hydrogen-bond acceptors (Lipinski definition) is 5. The Morgan fingerprint density at radius 3 is 3.11 bits per heavy atom. The lowest BCUT2D eigenvalue weighted by molar-refractivity contribution is 0.0243. The summed E-state index contributed by atoms with van der Waals surface area (Å²) in [7, 11) is 1.69. The van der Waals surface area contributed by atoms with Crippen molar-refractivity contribution in [1.82, 2.24) is 5.32 Å². The lowest BCUT2D eigenvalue weighted by Crippen LogP contribution is -2.34. The predicted octanol–water partition coefficient (Wildman–Crippen LogP) is 1.22. The Morgan fingerprint density at radius 1 is 1.39 bits per heavy atom. The highest BCUT2D eigenvalue weighted by molar-refractivity contribution is 5.53. The van der Waals surface area contributed by atoms with Gasteiger partial charge in [0.25, 0.3) is 0 Å². The Morgan fingerprint density at radius 2 is 2.33 bits per heavy atom. The fourth-order valence-corrected chi connectivity index (χ4v) is 2.42. The van der Waals surface area contributed by atoms with Gasteiger partial charge in [-0.15, -0.1) is 0 Å². The third-order valence-corrected chi connectivity index (χ3v) is 3.22. The quantitative estimate of drug-likeness (QED) is 0.875. The van der Waals surface area contributed by atoms with Gasteiger partial charge in [-0.25, -0.2) is 0 Å². The van der Waals surface area contributed by atoms with Crippen LogP contribution in [0.5, 0.6) is 11.5 Å². The van der Waals surface area contributed by atoms with Gasteiger partial charge in [0.05, 0.1) is 19.3 Å². The van der Waals surface area contributed by atoms with Gasteiger partial charge < -0.3 is 24.3 Å². The lowest BCUT2D eigenvalue weighted by Gasteiger charge is -2.26. The van der Waals surface area contributed by atoms with Crippen molar-refractivity contribution in [2.24, 2.45) is 0 Å². The number of morpholine rings is 1. The molecule has 1 saturated heterocycles. The molecule has 3 rings (SSSR count). The first-order chi connectivity index (χ1) is 8.90. The fourth-order valence-electron chi connectivity index (χ4n) is 2.42. The highest BCUT2D eigenvalue weighted by Gasteiger charge is 2.28. The summed E-state index contributed by atoms with van der Waals surface area (Å²) in [6, 6.07) is 3.95. The standard InChI is InChI=1S/C13H17NO4/c1-15-7-9-2-3-10-13(18-8-17-10)12(9)11-6-14-4-5-16-11/h2-3,11,14H,4-8H2,1H3. The number of nitrogens with one attached hydrogen (secondary N) is 1. The van der Waals surface area contributed by atoms with E-state index in [9.17, 15) is 0 Å². The SMILES string of the molecule is COCc1ccc2c(c1C1CNCCO1)OCO2. The summed E-state index contributed by atoms with van der Waals surface area (Å²) in [6.45, 7) is 3.21. The molecular weight excluding hydrogens is 234 g/mol. The number of ether oxygens (including phenoxy) is 4. The van der Waals surface area contributed by atoms with Gasteiger partial charge in [-0.3, -0.25) is 0 Å². The normalized spacial score (nSPS) is 22.2. The Bertz CT molecular complexity index is 429. The first kappa shape index (κ1) is 11.8. The van der Waals surface area contributed by atoms with Gasteiger partial charge in [0.15, 0.2) is 11.5 Å². The van der Waals surface area contributed by atoms with Crippen LogP contribution in [0.2, 0.25) is 0 Å². The van der Waals surface area contributed by atoms with Crippen LogP contribution in [0.15, 0.2) is 12.1 Å². The Labute approximate surface area is 106 Å². The van der Waals surface area contributed by atoms with Crippen molar-refractivity contribution in [2.75, 3.05) is 33.6 Å². The van der Waals surface area contributed by atoms with E-state index in [4.69, 9.17) is 18.9 Å². The van der Waals surface area contributed by atoms with Gasteiger partial charge in [0.1, 0.15) is 0 Å². The van der Waals surface area contributed by atoms with Crippen molar-refractivity contribution in [1.29, 1.82) is 0 Å². The molecule has 18 heavy (non-hydrogen) atoms. The summed E-state index contributed by atoms with van der Waals surface area (Å²) >= 11 is 0. The summed E-state index contributed by atoms with van der Waals surface area (Å²) in [5.41, 5.74) is 2.15. The number of rotatable bonds is 3. The van der Waals surface area contributed by atoms with E-state index in [0.29, 0.717) is 13.2 Å². The third-order valence-electron chi connectivity index (χ3n) is 3.22. The molecule has 2 aliphatic heterocycles. The van der Waals surface area contributed by atoms with E-state index in [1.54, 1.807) is 7.11 Å². The zero-order valence-electron chi connectivity index (χ0n) is 10.4. The van der Waals surface area contributed by atoms with Crippen molar-refractivity contribution >= 4 is 0 Å². The van der Waals surface area contributed by atoms with Crippen LogP contribution in [-0.2, 0) is 16.1 Å². The summed E-state index contributed by atoms with van der Waals surface area (Å²) < 4.78 is 22.1. The van der Waals surface area contributed by atoms with E-state index in [1.807, 2.05) is 12.1 Å². The second-order valence-corrected chi connectivity index (χ2v) is 4.37. The summed E-state index contributed by atoms with van der Waals surface area (Å²) in [5.74, 6) is 1.59. The van der Waals surface area contributed by atoms with Crippen molar-refractivity contribution in [3.05, 3.63) is 23.3 Å². The second-order valence-electron chi connectivity index (χ2n) is 4.37. The van der Waals surface area contributed by atoms with E-state index < -0.39 is 0 Å². The molecule has 1 aromatic carbocycles. The van der Waals surface area contributed by atoms with Gasteiger partial charge in [0, 0.05) is 25.8 Å². The number of fused-ring (bicyclic) bond motifs is 1. The summed E-state index contributed by atoms with van der Waals surface area (Å²) in [5, 5.41) is 3.33. The molecule has 0 spiro atoms. The molecular formula is C13H17NO4. The van der Waals surface area contributed by atoms with Crippen molar-refractivity contribution in [3.63, 3.8) is 0 Å². The molecule has 2 heterocycles. The molecule has 0 aromatic heterocycles. The van der Waals surface area contributed by atoms with Crippen LogP contribution >= 0.6 is 0 Å². The molecule has 0 amide bonds. The van der Waals surface area contributed by atoms with Crippen molar-refractivity contribution in [2.45, 2.75) is 12.7 Å². The van der Waals surface area contributed by atoms with E-state index in [0.717, 1.165) is 35.7 Å². The van der Waals surface area contributed by atoms with Crippen molar-refractivity contribution < 1.29 is 18.9 Å². The van der Waals surface area contributed by atoms with Crippen LogP contribution in [-0.4, -0.2) is 33.6 Å². The van der Waals surface area contributed by atoms with Crippen LogP contribution in [0.1, 0.15) is 17.2 Å². The maximum atomic E-state index is 5.82. The summed E-state index contributed by atoms with van der Waals surface area (Å²) in [4.78, 5) is 0. The van der Waals surface area contributed by atoms with Crippen molar-refractivity contribution in [3.8, 4) is 11.5 Å². The third kappa shape index (κ3) is 2.05. The Kier molecular flexibility index (Phi) is 3.36. The number of methoxy groups -OCH3 is 1. The zero-order valence-corrected chi connectivity index (χ0v) is 10.4. The summed E-state index contributed by atoms with van der Waals surface area (Å²) in [6.07, 6.45) is 0.000509. The van der Waals surface area contributed by atoms with Gasteiger partial charge in [-0.2, -0.15) is 0 Å². The maximum absolute atomic E-state index is 5.82. The first-order valence-electron chi connectivity index (χ1n) is 6.13. The second kappa shape index (κ2) is 5.14. The molecule has 0 aliphatic carbocycles. The van der Waals surface area contributed by atoms with Crippen LogP contribution < -0.4 is 14.8 Å². The van der Waals surface area contributed by atoms with Gasteiger partial charge in [-0.05, 0) is 11.6 Å². The van der Waals surface area contributed by atoms with Crippen LogP contribution in [0, 0.1) is 0 Å². The van der Waals surface area contributed by atoms with E-state index in [-0.39, 0.29) is 12.9 Å². The lowest BCUT2D eigenvalue weighted by atomic mass is 10.00. The molecule has 1 atom stereocenters. The predicted molar refractivity (Wildman–Crippen MR) is 64.8 cm³/mol. The van der Waals surface area contributed by atoms with Crippen LogP contribution in [0.25, 0.3) is 0 Å². The fraction of sp³-hybridized carbons (Fsp3) is 0.538. The first-order valence-corrected chi connectivity index (χ1v) is 6.13. The molecule has 1 unspecified atom stereocenters. The smallest absolute Gasteiger partial charge is 0.231 e. The average Bonchev–Trinajstić information content (AvgIpc) is 2.88. The Balaban J connectivity index is 2.00. The van der Waals surface area contributed by atoms with Gasteiger partial charge in [0.2, 0.25) is 6.79 Å². The number of hydrogen-bond donors (Lipinski definition) is 1. The molecule has 1 aromatic rings. The minimum Gasteiger partial charge on any atom is -0.454 e. The van der Waals surface area contributed by atoms with E-state index >= 15 is 0 Å². The molecule has 0 saturated carbocycles. The van der Waals surface area contributed by atoms with E-state index in [1.165, 1.54) is 0 Å². The molecule has 2 aliphatic rings. The molecule has 0 bridgehead atoms. The maximum Gasteiger partial charge on any atom is 0.231 e. The largest absolute Gasteiger partial charge is 0.454 e. The molecule has 5 heteroatoms. The molecule has 1 N–H and O–H groups in total. The minimum absolute atomic E-state index is 0.000509. The minimum atomic E-state index is 0.000509. The molecule has 98 valence electrons. The molecule has 0 radical (unpaired) electrons.